The molecule has 0 N–H and O–H groups in total. The van der Waals surface area contributed by atoms with Gasteiger partial charge >= 0.3 is 24.7 Å². The third-order valence-corrected chi connectivity index (χ3v) is 1.60. The summed E-state index contributed by atoms with van der Waals surface area (Å²) in [6.45, 7) is -4.61. The number of hydrogen-bond donors (Lipinski definition) is 0. The Bertz CT molecular complexity index is 209. The maximum absolute atomic E-state index is 12.2. The Hall–Kier alpha value is -0.640. The summed E-state index contributed by atoms with van der Waals surface area (Å²) in [6, 6.07) is 0. The van der Waals surface area contributed by atoms with Crippen LogP contribution in [0.4, 0.5) is 35.1 Å². The summed E-state index contributed by atoms with van der Waals surface area (Å²) in [5.74, 6) is -8.71. The zero-order valence-electron chi connectivity index (χ0n) is 8.82. The van der Waals surface area contributed by atoms with Crippen LogP contribution in [0.15, 0.2) is 0 Å². The maximum atomic E-state index is 12.2. The number of hydrogen-bond acceptors (Lipinski definition) is 2. The molecule has 0 bridgehead atoms. The van der Waals surface area contributed by atoms with E-state index >= 15 is 0 Å². The van der Waals surface area contributed by atoms with Crippen molar-refractivity contribution in [1.29, 1.82) is 0 Å². The molecule has 0 aliphatic rings. The highest BCUT2D eigenvalue weighted by atomic mass is 19.3. The molecule has 0 radical (unpaired) electrons. The third-order valence-electron chi connectivity index (χ3n) is 1.60. The number of alkyl halides is 8. The standard InChI is InChI=1S/C8H10F8O2/c9-5(10)7(13,14)3-17-1-2-18-4-8(15,16)6(11)12/h5-6H,1-4H2. The number of ether oxygens (including phenoxy) is 2. The summed E-state index contributed by atoms with van der Waals surface area (Å²) in [5, 5.41) is 0. The molecular weight excluding hydrogens is 280 g/mol. The van der Waals surface area contributed by atoms with Crippen molar-refractivity contribution in [1.82, 2.24) is 0 Å². The van der Waals surface area contributed by atoms with E-state index in [1.807, 2.05) is 0 Å². The van der Waals surface area contributed by atoms with Gasteiger partial charge in [-0.1, -0.05) is 0 Å². The van der Waals surface area contributed by atoms with Gasteiger partial charge in [0.05, 0.1) is 13.2 Å². The molecule has 18 heavy (non-hydrogen) atoms. The first-order chi connectivity index (χ1) is 8.09. The van der Waals surface area contributed by atoms with Gasteiger partial charge in [0.2, 0.25) is 0 Å². The molecule has 0 saturated heterocycles. The first-order valence-electron chi connectivity index (χ1n) is 4.57. The van der Waals surface area contributed by atoms with Gasteiger partial charge in [0.1, 0.15) is 13.2 Å². The lowest BCUT2D eigenvalue weighted by Gasteiger charge is -2.16. The van der Waals surface area contributed by atoms with E-state index in [0.29, 0.717) is 0 Å². The van der Waals surface area contributed by atoms with Crippen LogP contribution in [0.5, 0.6) is 0 Å². The van der Waals surface area contributed by atoms with Crippen LogP contribution in [-0.4, -0.2) is 51.1 Å². The molecule has 0 fully saturated rings. The normalized spacial score (nSPS) is 13.7. The van der Waals surface area contributed by atoms with Crippen molar-refractivity contribution < 1.29 is 44.6 Å². The van der Waals surface area contributed by atoms with Crippen LogP contribution in [0.2, 0.25) is 0 Å². The van der Waals surface area contributed by atoms with Gasteiger partial charge in [0.15, 0.2) is 0 Å². The molecule has 0 amide bonds. The van der Waals surface area contributed by atoms with Gasteiger partial charge in [-0.05, 0) is 0 Å². The Morgan fingerprint density at radius 3 is 1.17 bits per heavy atom. The molecule has 10 heteroatoms. The average Bonchev–Trinajstić information content (AvgIpc) is 2.22. The first kappa shape index (κ1) is 17.4. The monoisotopic (exact) mass is 290 g/mol. The van der Waals surface area contributed by atoms with Gasteiger partial charge in [0.25, 0.3) is 0 Å². The zero-order valence-corrected chi connectivity index (χ0v) is 8.82. The van der Waals surface area contributed by atoms with Crippen LogP contribution in [0.3, 0.4) is 0 Å². The topological polar surface area (TPSA) is 18.5 Å². The second-order valence-corrected chi connectivity index (χ2v) is 3.23. The average molecular weight is 290 g/mol. The number of halogens is 8. The molecule has 0 aliphatic carbocycles. The van der Waals surface area contributed by atoms with Crippen molar-refractivity contribution in [2.75, 3.05) is 26.4 Å². The Morgan fingerprint density at radius 1 is 0.667 bits per heavy atom. The molecule has 0 heterocycles. The smallest absolute Gasteiger partial charge is 0.330 e. The van der Waals surface area contributed by atoms with Crippen molar-refractivity contribution in [3.63, 3.8) is 0 Å². The number of rotatable bonds is 9. The highest BCUT2D eigenvalue weighted by Gasteiger charge is 2.42. The summed E-state index contributed by atoms with van der Waals surface area (Å²) in [7, 11) is 0. The maximum Gasteiger partial charge on any atom is 0.330 e. The van der Waals surface area contributed by atoms with Crippen LogP contribution < -0.4 is 0 Å². The molecule has 110 valence electrons. The van der Waals surface area contributed by atoms with Gasteiger partial charge in [-0.15, -0.1) is 0 Å². The summed E-state index contributed by atoms with van der Waals surface area (Å²) in [6.07, 6.45) is -7.83. The SMILES string of the molecule is FC(F)C(F)(F)COCCOCC(F)(F)C(F)F. The van der Waals surface area contributed by atoms with E-state index < -0.39 is 51.1 Å². The van der Waals surface area contributed by atoms with Gasteiger partial charge in [-0.3, -0.25) is 0 Å². The van der Waals surface area contributed by atoms with Gasteiger partial charge in [0, 0.05) is 0 Å². The lowest BCUT2D eigenvalue weighted by atomic mass is 10.4. The second-order valence-electron chi connectivity index (χ2n) is 3.23. The fourth-order valence-electron chi connectivity index (χ4n) is 0.660. The Balaban J connectivity index is 3.65. The molecule has 0 spiro atoms. The molecule has 0 aromatic heterocycles. The summed E-state index contributed by atoms with van der Waals surface area (Å²) in [5.41, 5.74) is 0. The highest BCUT2D eigenvalue weighted by Crippen LogP contribution is 2.23. The minimum atomic E-state index is -4.35. The Kier molecular flexibility index (Phi) is 6.82. The molecule has 0 aromatic carbocycles. The van der Waals surface area contributed by atoms with E-state index in [1.165, 1.54) is 0 Å². The van der Waals surface area contributed by atoms with Crippen molar-refractivity contribution in [2.45, 2.75) is 24.7 Å². The Labute approximate surface area is 96.8 Å². The van der Waals surface area contributed by atoms with Crippen LogP contribution in [-0.2, 0) is 9.47 Å². The molecule has 0 saturated carbocycles. The largest absolute Gasteiger partial charge is 0.373 e. The van der Waals surface area contributed by atoms with Gasteiger partial charge in [-0.25, -0.2) is 17.6 Å². The minimum absolute atomic E-state index is 0.693. The van der Waals surface area contributed by atoms with Gasteiger partial charge < -0.3 is 9.47 Å². The highest BCUT2D eigenvalue weighted by molar-refractivity contribution is 4.68. The van der Waals surface area contributed by atoms with E-state index in [0.717, 1.165) is 0 Å². The summed E-state index contributed by atoms with van der Waals surface area (Å²) >= 11 is 0. The van der Waals surface area contributed by atoms with E-state index in [4.69, 9.17) is 0 Å². The first-order valence-corrected chi connectivity index (χ1v) is 4.57. The van der Waals surface area contributed by atoms with E-state index in [1.54, 1.807) is 0 Å². The molecule has 0 unspecified atom stereocenters. The van der Waals surface area contributed by atoms with E-state index in [2.05, 4.69) is 9.47 Å². The molecule has 0 rings (SSSR count). The fraction of sp³-hybridized carbons (Fsp3) is 1.00. The van der Waals surface area contributed by atoms with E-state index in [-0.39, 0.29) is 0 Å². The van der Waals surface area contributed by atoms with Crippen LogP contribution >= 0.6 is 0 Å². The van der Waals surface area contributed by atoms with E-state index in [9.17, 15) is 35.1 Å². The lowest BCUT2D eigenvalue weighted by Crippen LogP contribution is -2.34. The van der Waals surface area contributed by atoms with Crippen molar-refractivity contribution in [3.05, 3.63) is 0 Å². The minimum Gasteiger partial charge on any atom is -0.373 e. The molecule has 2 nitrogen and oxygen atoms in total. The molecule has 0 aromatic rings. The van der Waals surface area contributed by atoms with Gasteiger partial charge in [-0.2, -0.15) is 17.6 Å². The van der Waals surface area contributed by atoms with Crippen LogP contribution in [0.1, 0.15) is 0 Å². The van der Waals surface area contributed by atoms with Crippen LogP contribution in [0, 0.1) is 0 Å². The van der Waals surface area contributed by atoms with Crippen molar-refractivity contribution in [3.8, 4) is 0 Å². The molecular formula is C8H10F8O2. The third kappa shape index (κ3) is 6.34. The second kappa shape index (κ2) is 7.07. The summed E-state index contributed by atoms with van der Waals surface area (Å²) < 4.78 is 103. The quantitative estimate of drug-likeness (QED) is 0.480. The fourth-order valence-corrected chi connectivity index (χ4v) is 0.660. The molecule has 0 aliphatic heterocycles. The predicted octanol–water partition coefficient (Wildman–Crippen LogP) is 2.82. The lowest BCUT2D eigenvalue weighted by molar-refractivity contribution is -0.180. The van der Waals surface area contributed by atoms with Crippen LogP contribution in [0.25, 0.3) is 0 Å². The molecule has 0 atom stereocenters. The Morgan fingerprint density at radius 2 is 0.944 bits per heavy atom. The van der Waals surface area contributed by atoms with Crippen molar-refractivity contribution in [2.24, 2.45) is 0 Å². The predicted molar refractivity (Wildman–Crippen MR) is 43.5 cm³/mol. The summed E-state index contributed by atoms with van der Waals surface area (Å²) in [4.78, 5) is 0. The van der Waals surface area contributed by atoms with Crippen molar-refractivity contribution >= 4 is 0 Å². The zero-order chi connectivity index (χ0) is 14.4.